The Bertz CT molecular complexity index is 642. The second kappa shape index (κ2) is 7.24. The van der Waals surface area contributed by atoms with Crippen molar-refractivity contribution in [2.75, 3.05) is 13.2 Å². The number of hydrogen-bond donors (Lipinski definition) is 1. The summed E-state index contributed by atoms with van der Waals surface area (Å²) < 4.78 is 11.2. The molecule has 3 rings (SSSR count). The van der Waals surface area contributed by atoms with Crippen LogP contribution in [0.4, 0.5) is 0 Å². The molecule has 1 fully saturated rings. The van der Waals surface area contributed by atoms with Gasteiger partial charge in [0.25, 0.3) is 0 Å². The quantitative estimate of drug-likeness (QED) is 0.570. The first-order valence-corrected chi connectivity index (χ1v) is 7.76. The van der Waals surface area contributed by atoms with E-state index in [1.165, 1.54) is 0 Å². The van der Waals surface area contributed by atoms with Crippen molar-refractivity contribution in [2.45, 2.75) is 25.0 Å². The lowest BCUT2D eigenvalue weighted by Crippen LogP contribution is -2.28. The smallest absolute Gasteiger partial charge is 0.213 e. The fourth-order valence-corrected chi connectivity index (χ4v) is 2.44. The molecule has 120 valence electrons. The molecule has 0 unspecified atom stereocenters. The van der Waals surface area contributed by atoms with E-state index >= 15 is 0 Å². The third-order valence-corrected chi connectivity index (χ3v) is 3.89. The van der Waals surface area contributed by atoms with Crippen molar-refractivity contribution in [3.63, 3.8) is 0 Å². The molecule has 5 heteroatoms. The van der Waals surface area contributed by atoms with Crippen LogP contribution in [-0.2, 0) is 21.7 Å². The molecule has 5 nitrogen and oxygen atoms in total. The SMILES string of the molecule is O=CNC1(c2cccc(OCCOCc3ccccc3)n2)CC1. The molecule has 2 aromatic rings. The molecular weight excluding hydrogens is 292 g/mol. The topological polar surface area (TPSA) is 60.5 Å². The number of pyridine rings is 1. The van der Waals surface area contributed by atoms with Gasteiger partial charge in [-0.1, -0.05) is 36.4 Å². The molecular formula is C18H20N2O3. The Labute approximate surface area is 135 Å². The van der Waals surface area contributed by atoms with E-state index in [1.807, 2.05) is 48.5 Å². The number of carbonyl (C=O) groups excluding carboxylic acids is 1. The van der Waals surface area contributed by atoms with E-state index in [0.29, 0.717) is 25.7 Å². The molecule has 0 radical (unpaired) electrons. The van der Waals surface area contributed by atoms with Gasteiger partial charge in [-0.2, -0.15) is 0 Å². The predicted molar refractivity (Wildman–Crippen MR) is 85.9 cm³/mol. The molecule has 0 aliphatic heterocycles. The first kappa shape index (κ1) is 15.5. The van der Waals surface area contributed by atoms with Crippen molar-refractivity contribution in [1.82, 2.24) is 10.3 Å². The molecule has 1 aliphatic carbocycles. The summed E-state index contributed by atoms with van der Waals surface area (Å²) in [7, 11) is 0. The van der Waals surface area contributed by atoms with Crippen molar-refractivity contribution in [1.29, 1.82) is 0 Å². The number of ether oxygens (including phenoxy) is 2. The van der Waals surface area contributed by atoms with Crippen molar-refractivity contribution in [3.05, 3.63) is 59.8 Å². The van der Waals surface area contributed by atoms with E-state index in [2.05, 4.69) is 10.3 Å². The Morgan fingerprint density at radius 1 is 1.09 bits per heavy atom. The van der Waals surface area contributed by atoms with Crippen LogP contribution in [0, 0.1) is 0 Å². The van der Waals surface area contributed by atoms with E-state index in [-0.39, 0.29) is 5.54 Å². The molecule has 1 saturated carbocycles. The molecule has 0 saturated heterocycles. The summed E-state index contributed by atoms with van der Waals surface area (Å²) >= 11 is 0. The van der Waals surface area contributed by atoms with Crippen LogP contribution in [0.15, 0.2) is 48.5 Å². The molecule has 23 heavy (non-hydrogen) atoms. The zero-order valence-corrected chi connectivity index (χ0v) is 12.9. The second-order valence-corrected chi connectivity index (χ2v) is 5.59. The minimum atomic E-state index is -0.287. The number of hydrogen-bond acceptors (Lipinski definition) is 4. The third kappa shape index (κ3) is 4.07. The fraction of sp³-hybridized carbons (Fsp3) is 0.333. The average Bonchev–Trinajstić information content (AvgIpc) is 3.37. The van der Waals surface area contributed by atoms with Crippen molar-refractivity contribution >= 4 is 6.41 Å². The summed E-state index contributed by atoms with van der Waals surface area (Å²) in [4.78, 5) is 15.2. The zero-order valence-electron chi connectivity index (χ0n) is 12.9. The van der Waals surface area contributed by atoms with Gasteiger partial charge in [0.05, 0.1) is 24.4 Å². The zero-order chi connectivity index (χ0) is 16.0. The maximum Gasteiger partial charge on any atom is 0.213 e. The Morgan fingerprint density at radius 3 is 2.65 bits per heavy atom. The van der Waals surface area contributed by atoms with Gasteiger partial charge < -0.3 is 14.8 Å². The van der Waals surface area contributed by atoms with Crippen LogP contribution in [0.2, 0.25) is 0 Å². The average molecular weight is 312 g/mol. The molecule has 1 aromatic heterocycles. The van der Waals surface area contributed by atoms with Crippen molar-refractivity contribution < 1.29 is 14.3 Å². The summed E-state index contributed by atoms with van der Waals surface area (Å²) in [6, 6.07) is 15.7. The maximum absolute atomic E-state index is 10.7. The van der Waals surface area contributed by atoms with Gasteiger partial charge >= 0.3 is 0 Å². The molecule has 1 aliphatic rings. The number of nitrogens with zero attached hydrogens (tertiary/aromatic N) is 1. The molecule has 0 atom stereocenters. The second-order valence-electron chi connectivity index (χ2n) is 5.59. The molecule has 0 bridgehead atoms. The van der Waals surface area contributed by atoms with E-state index < -0.39 is 0 Å². The van der Waals surface area contributed by atoms with Crippen LogP contribution in [0.25, 0.3) is 0 Å². The highest BCUT2D eigenvalue weighted by atomic mass is 16.5. The first-order valence-electron chi connectivity index (χ1n) is 7.76. The van der Waals surface area contributed by atoms with E-state index in [0.717, 1.165) is 30.5 Å². The summed E-state index contributed by atoms with van der Waals surface area (Å²) in [5, 5.41) is 2.85. The van der Waals surface area contributed by atoms with Gasteiger partial charge in [-0.15, -0.1) is 0 Å². The number of carbonyl (C=O) groups is 1. The highest BCUT2D eigenvalue weighted by Gasteiger charge is 2.45. The van der Waals surface area contributed by atoms with Gasteiger partial charge in [0, 0.05) is 6.07 Å². The predicted octanol–water partition coefficient (Wildman–Crippen LogP) is 2.41. The highest BCUT2D eigenvalue weighted by Crippen LogP contribution is 2.44. The lowest BCUT2D eigenvalue weighted by molar-refractivity contribution is -0.110. The number of nitrogens with one attached hydrogen (secondary N) is 1. The van der Waals surface area contributed by atoms with Gasteiger partial charge in [0.1, 0.15) is 6.61 Å². The summed E-state index contributed by atoms with van der Waals surface area (Å²) in [5.41, 5.74) is 1.71. The van der Waals surface area contributed by atoms with Gasteiger partial charge in [-0.25, -0.2) is 4.98 Å². The van der Waals surface area contributed by atoms with Crippen LogP contribution >= 0.6 is 0 Å². The fourth-order valence-electron chi connectivity index (χ4n) is 2.44. The van der Waals surface area contributed by atoms with E-state index in [1.54, 1.807) is 0 Å². The van der Waals surface area contributed by atoms with Gasteiger partial charge in [-0.05, 0) is 24.5 Å². The molecule has 1 heterocycles. The Balaban J connectivity index is 1.45. The van der Waals surface area contributed by atoms with E-state index in [4.69, 9.17) is 9.47 Å². The number of amides is 1. The first-order chi connectivity index (χ1) is 11.3. The number of rotatable bonds is 9. The minimum Gasteiger partial charge on any atom is -0.475 e. The van der Waals surface area contributed by atoms with Crippen LogP contribution < -0.4 is 10.1 Å². The summed E-state index contributed by atoms with van der Waals surface area (Å²) in [5.74, 6) is 0.560. The van der Waals surface area contributed by atoms with Crippen LogP contribution in [0.1, 0.15) is 24.1 Å². The number of benzene rings is 1. The van der Waals surface area contributed by atoms with Crippen molar-refractivity contribution in [2.24, 2.45) is 0 Å². The normalized spacial score (nSPS) is 15.0. The Hall–Kier alpha value is -2.40. The lowest BCUT2D eigenvalue weighted by Gasteiger charge is -2.14. The summed E-state index contributed by atoms with van der Waals surface area (Å²) in [6.45, 7) is 1.51. The molecule has 1 amide bonds. The van der Waals surface area contributed by atoms with E-state index in [9.17, 15) is 4.79 Å². The Kier molecular flexibility index (Phi) is 4.88. The maximum atomic E-state index is 10.7. The molecule has 1 aromatic carbocycles. The Morgan fingerprint density at radius 2 is 1.91 bits per heavy atom. The standard InChI is InChI=1S/C18H20N2O3/c21-14-19-18(9-10-18)16-7-4-8-17(20-16)23-12-11-22-13-15-5-2-1-3-6-15/h1-8,14H,9-13H2,(H,19,21). The van der Waals surface area contributed by atoms with Crippen molar-refractivity contribution in [3.8, 4) is 5.88 Å². The van der Waals surface area contributed by atoms with Gasteiger partial charge in [-0.3, -0.25) is 4.79 Å². The monoisotopic (exact) mass is 312 g/mol. The largest absolute Gasteiger partial charge is 0.475 e. The molecule has 1 N–H and O–H groups in total. The van der Waals surface area contributed by atoms with Crippen LogP contribution in [-0.4, -0.2) is 24.6 Å². The molecule has 0 spiro atoms. The van der Waals surface area contributed by atoms with Gasteiger partial charge in [0.2, 0.25) is 12.3 Å². The number of aromatic nitrogens is 1. The van der Waals surface area contributed by atoms with Crippen LogP contribution in [0.3, 0.4) is 0 Å². The van der Waals surface area contributed by atoms with Crippen LogP contribution in [0.5, 0.6) is 5.88 Å². The third-order valence-electron chi connectivity index (χ3n) is 3.89. The lowest BCUT2D eigenvalue weighted by atomic mass is 10.1. The van der Waals surface area contributed by atoms with Gasteiger partial charge in [0.15, 0.2) is 0 Å². The highest BCUT2D eigenvalue weighted by molar-refractivity contribution is 5.51. The summed E-state index contributed by atoms with van der Waals surface area (Å²) in [6.07, 6.45) is 2.57. The minimum absolute atomic E-state index is 0.287.